The third kappa shape index (κ3) is 2.73. The fraction of sp³-hybridized carbons (Fsp3) is 0.250. The van der Waals surface area contributed by atoms with E-state index in [0.29, 0.717) is 0 Å². The Morgan fingerprint density at radius 3 is 1.00 bits per heavy atom. The minimum Gasteiger partial charge on any atom is -0.340 e. The van der Waals surface area contributed by atoms with E-state index in [1.165, 1.54) is 11.1 Å². The van der Waals surface area contributed by atoms with Gasteiger partial charge in [0.05, 0.1) is 0 Å². The van der Waals surface area contributed by atoms with Gasteiger partial charge in [0.2, 0.25) is 0 Å². The molecule has 0 saturated carbocycles. The van der Waals surface area contributed by atoms with Crippen LogP contribution in [0.1, 0.15) is 0 Å². The molecule has 78 valence electrons. The van der Waals surface area contributed by atoms with Gasteiger partial charge in [-0.25, -0.2) is 0 Å². The molecular formula is C8H7Cl3O3. The summed E-state index contributed by atoms with van der Waals surface area (Å²) in [7, 11) is 0. The molecule has 0 saturated heterocycles. The van der Waals surface area contributed by atoms with Crippen LogP contribution in [0.2, 0.25) is 0 Å². The smallest absolute Gasteiger partial charge is 0.325 e. The van der Waals surface area contributed by atoms with Gasteiger partial charge in [-0.3, -0.25) is 0 Å². The van der Waals surface area contributed by atoms with E-state index in [1.54, 1.807) is 0 Å². The van der Waals surface area contributed by atoms with Crippen LogP contribution in [-0.4, -0.2) is 25.1 Å². The van der Waals surface area contributed by atoms with Crippen LogP contribution in [0.3, 0.4) is 0 Å². The lowest BCUT2D eigenvalue weighted by atomic mass is 9.95. The van der Waals surface area contributed by atoms with Gasteiger partial charge in [-0.1, -0.05) is 59.1 Å². The summed E-state index contributed by atoms with van der Waals surface area (Å²) < 4.78 is -2.48. The van der Waals surface area contributed by atoms with E-state index in [4.69, 9.17) is 50.1 Å². The molecule has 0 amide bonds. The topological polar surface area (TPSA) is 60.7 Å². The number of hydrogen-bond acceptors (Lipinski definition) is 3. The first kappa shape index (κ1) is 12.0. The van der Waals surface area contributed by atoms with Crippen molar-refractivity contribution in [3.63, 3.8) is 0 Å². The molecule has 0 unspecified atom stereocenters. The van der Waals surface area contributed by atoms with E-state index in [2.05, 4.69) is 24.3 Å². The molecule has 0 aromatic heterocycles. The van der Waals surface area contributed by atoms with Crippen molar-refractivity contribution in [2.24, 2.45) is 0 Å². The Balaban J connectivity index is 0.000000143. The Labute approximate surface area is 95.5 Å². The van der Waals surface area contributed by atoms with Gasteiger partial charge in [0, 0.05) is 0 Å². The number of hydrogen-bond donors (Lipinski definition) is 3. The highest BCUT2D eigenvalue weighted by molar-refractivity contribution is 6.68. The number of benzene rings is 1. The van der Waals surface area contributed by atoms with Crippen LogP contribution < -0.4 is 0 Å². The predicted molar refractivity (Wildman–Crippen MR) is 55.1 cm³/mol. The van der Waals surface area contributed by atoms with Gasteiger partial charge < -0.3 is 15.3 Å². The van der Waals surface area contributed by atoms with Crippen molar-refractivity contribution in [3.05, 3.63) is 24.3 Å². The number of fused-ring (bicyclic) bond motifs is 1. The summed E-state index contributed by atoms with van der Waals surface area (Å²) in [5.74, 6) is -3.27. The Hall–Kier alpha value is -0.0300. The molecule has 0 aromatic rings. The second-order valence-electron chi connectivity index (χ2n) is 2.71. The summed E-state index contributed by atoms with van der Waals surface area (Å²) in [6, 6.07) is 8.48. The van der Waals surface area contributed by atoms with E-state index < -0.39 is 9.77 Å². The Kier molecular flexibility index (Phi) is 3.31. The zero-order valence-corrected chi connectivity index (χ0v) is 9.05. The molecule has 0 aliphatic heterocycles. The number of halogens is 3. The monoisotopic (exact) mass is 256 g/mol. The van der Waals surface area contributed by atoms with Crippen molar-refractivity contribution in [2.75, 3.05) is 0 Å². The molecule has 0 aromatic carbocycles. The van der Waals surface area contributed by atoms with Gasteiger partial charge >= 0.3 is 5.97 Å². The van der Waals surface area contributed by atoms with Crippen LogP contribution in [0, 0.1) is 0 Å². The Morgan fingerprint density at radius 2 is 1.00 bits per heavy atom. The molecule has 2 rings (SSSR count). The van der Waals surface area contributed by atoms with E-state index in [1.807, 2.05) is 0 Å². The average molecular weight is 258 g/mol. The zero-order valence-electron chi connectivity index (χ0n) is 6.78. The molecule has 0 heterocycles. The molecule has 0 radical (unpaired) electrons. The maximum Gasteiger partial charge on any atom is 0.325 e. The first-order valence-corrected chi connectivity index (χ1v) is 4.69. The largest absolute Gasteiger partial charge is 0.340 e. The van der Waals surface area contributed by atoms with Gasteiger partial charge in [-0.15, -0.1) is 0 Å². The average Bonchev–Trinajstić information content (AvgIpc) is 1.94. The highest BCUT2D eigenvalue weighted by atomic mass is 35.6. The molecular weight excluding hydrogens is 250 g/mol. The molecule has 0 fully saturated rings. The van der Waals surface area contributed by atoms with E-state index in [-0.39, 0.29) is 0 Å². The number of rotatable bonds is 0. The van der Waals surface area contributed by atoms with Gasteiger partial charge in [0.15, 0.2) is 0 Å². The van der Waals surface area contributed by atoms with Gasteiger partial charge in [-0.2, -0.15) is 0 Å². The predicted octanol–water partition coefficient (Wildman–Crippen LogP) is 1.65. The number of aliphatic hydroxyl groups is 3. The molecule has 3 nitrogen and oxygen atoms in total. The van der Waals surface area contributed by atoms with E-state index in [9.17, 15) is 0 Å². The third-order valence-electron chi connectivity index (χ3n) is 1.60. The molecule has 0 atom stereocenters. The third-order valence-corrected chi connectivity index (χ3v) is 2.36. The van der Waals surface area contributed by atoms with E-state index >= 15 is 0 Å². The van der Waals surface area contributed by atoms with Crippen LogP contribution in [-0.2, 0) is 0 Å². The summed E-state index contributed by atoms with van der Waals surface area (Å²) in [5.41, 5.74) is 2.85. The van der Waals surface area contributed by atoms with E-state index in [0.717, 1.165) is 0 Å². The molecule has 6 heteroatoms. The summed E-state index contributed by atoms with van der Waals surface area (Å²) in [5, 5.41) is 24.2. The van der Waals surface area contributed by atoms with Crippen LogP contribution in [0.25, 0.3) is 11.1 Å². The van der Waals surface area contributed by atoms with Gasteiger partial charge in [0.25, 0.3) is 3.79 Å². The zero-order chi connectivity index (χ0) is 11.0. The molecule has 14 heavy (non-hydrogen) atoms. The molecule has 2 aliphatic rings. The first-order chi connectivity index (χ1) is 6.22. The van der Waals surface area contributed by atoms with Crippen LogP contribution in [0.4, 0.5) is 0 Å². The maximum absolute atomic E-state index is 8.07. The second-order valence-corrected chi connectivity index (χ2v) is 4.99. The van der Waals surface area contributed by atoms with Gasteiger partial charge in [0.1, 0.15) is 0 Å². The van der Waals surface area contributed by atoms with Crippen LogP contribution in [0.15, 0.2) is 24.3 Å². The quantitative estimate of drug-likeness (QED) is 0.497. The summed E-state index contributed by atoms with van der Waals surface area (Å²) in [6.45, 7) is 0. The highest BCUT2D eigenvalue weighted by Gasteiger charge is 2.44. The molecule has 0 bridgehead atoms. The lowest BCUT2D eigenvalue weighted by Gasteiger charge is -2.21. The lowest BCUT2D eigenvalue weighted by molar-refractivity contribution is -0.307. The van der Waals surface area contributed by atoms with Crippen molar-refractivity contribution in [3.8, 4) is 11.1 Å². The highest BCUT2D eigenvalue weighted by Crippen LogP contribution is 2.34. The lowest BCUT2D eigenvalue weighted by Crippen LogP contribution is -2.42. The van der Waals surface area contributed by atoms with Crippen LogP contribution >= 0.6 is 34.8 Å². The maximum atomic E-state index is 8.07. The van der Waals surface area contributed by atoms with Gasteiger partial charge in [-0.05, 0) is 11.1 Å². The standard InChI is InChI=1S/C6H4.C2H3Cl3O3/c1-2-6-4-3-5(1)6;3-1(4,5)2(6,7)8/h1-4H;6-8H. The summed E-state index contributed by atoms with van der Waals surface area (Å²) in [4.78, 5) is 0. The second kappa shape index (κ2) is 3.85. The normalized spacial score (nSPS) is 13.0. The SMILES string of the molecule is OC(O)(O)C(Cl)(Cl)Cl.c1cc2ccc1-2. The van der Waals surface area contributed by atoms with Crippen molar-refractivity contribution in [1.82, 2.24) is 0 Å². The summed E-state index contributed by atoms with van der Waals surface area (Å²) in [6.07, 6.45) is 0. The Morgan fingerprint density at radius 1 is 0.786 bits per heavy atom. The Bertz CT molecular complexity index is 277. The summed E-state index contributed by atoms with van der Waals surface area (Å²) >= 11 is 14.4. The minimum absolute atomic E-state index is 1.43. The molecule has 3 N–H and O–H groups in total. The molecule has 2 aliphatic carbocycles. The van der Waals surface area contributed by atoms with Crippen molar-refractivity contribution in [1.29, 1.82) is 0 Å². The van der Waals surface area contributed by atoms with Crippen LogP contribution in [0.5, 0.6) is 0 Å². The van der Waals surface area contributed by atoms with Crippen molar-refractivity contribution < 1.29 is 15.3 Å². The minimum atomic E-state index is -3.27. The first-order valence-electron chi connectivity index (χ1n) is 3.56. The fourth-order valence-electron chi connectivity index (χ4n) is 0.663. The fourth-order valence-corrected chi connectivity index (χ4v) is 0.663. The van der Waals surface area contributed by atoms with Crippen molar-refractivity contribution >= 4 is 34.8 Å². The van der Waals surface area contributed by atoms with Crippen molar-refractivity contribution in [2.45, 2.75) is 9.77 Å². The molecule has 0 spiro atoms. The number of alkyl halides is 3.